The molecule has 0 aliphatic heterocycles. The van der Waals surface area contributed by atoms with Gasteiger partial charge >= 0.3 is 0 Å². The first-order valence-corrected chi connectivity index (χ1v) is 7.98. The predicted octanol–water partition coefficient (Wildman–Crippen LogP) is 2.44. The number of ether oxygens (including phenoxy) is 2. The summed E-state index contributed by atoms with van der Waals surface area (Å²) in [6, 6.07) is 6.69. The molecule has 1 saturated carbocycles. The smallest absolute Gasteiger partial charge is 0.191 e. The molecule has 1 aliphatic carbocycles. The zero-order valence-corrected chi connectivity index (χ0v) is 13.8. The van der Waals surface area contributed by atoms with Gasteiger partial charge in [0.15, 0.2) is 17.5 Å². The van der Waals surface area contributed by atoms with E-state index < -0.39 is 0 Å². The molecule has 5 nitrogen and oxygen atoms in total. The summed E-state index contributed by atoms with van der Waals surface area (Å²) >= 11 is 0. The Bertz CT molecular complexity index is 513. The molecule has 0 amide bonds. The first-order chi connectivity index (χ1) is 10.7. The topological polar surface area (TPSA) is 60.1 Å². The van der Waals surface area contributed by atoms with E-state index in [1.807, 2.05) is 26.1 Å². The number of aliphatic imine (C=N–C) groups is 1. The molecule has 0 spiro atoms. The summed E-state index contributed by atoms with van der Waals surface area (Å²) in [5, 5.41) is 0. The summed E-state index contributed by atoms with van der Waals surface area (Å²) in [5.74, 6) is 2.24. The fourth-order valence-corrected chi connectivity index (χ4v) is 2.38. The maximum absolute atomic E-state index is 5.98. The Labute approximate surface area is 133 Å². The summed E-state index contributed by atoms with van der Waals surface area (Å²) in [4.78, 5) is 6.54. The van der Waals surface area contributed by atoms with E-state index in [-0.39, 0.29) is 0 Å². The summed E-state index contributed by atoms with van der Waals surface area (Å²) in [7, 11) is 3.68. The van der Waals surface area contributed by atoms with E-state index in [9.17, 15) is 0 Å². The molecule has 0 unspecified atom stereocenters. The molecule has 0 atom stereocenters. The lowest BCUT2D eigenvalue weighted by Crippen LogP contribution is -2.35. The molecule has 1 aliphatic rings. The number of hydrogen-bond donors (Lipinski definition) is 1. The van der Waals surface area contributed by atoms with Crippen LogP contribution in [-0.2, 0) is 6.42 Å². The van der Waals surface area contributed by atoms with Crippen molar-refractivity contribution >= 4 is 5.96 Å². The van der Waals surface area contributed by atoms with Gasteiger partial charge in [0, 0.05) is 19.6 Å². The van der Waals surface area contributed by atoms with Gasteiger partial charge in [0.05, 0.1) is 13.7 Å². The maximum atomic E-state index is 5.98. The monoisotopic (exact) mass is 305 g/mol. The minimum absolute atomic E-state index is 0.610. The lowest BCUT2D eigenvalue weighted by molar-refractivity contribution is 0.310. The van der Waals surface area contributed by atoms with E-state index in [0.717, 1.165) is 30.9 Å². The minimum atomic E-state index is 0.610. The van der Waals surface area contributed by atoms with Crippen LogP contribution in [0.15, 0.2) is 23.2 Å². The second-order valence-corrected chi connectivity index (χ2v) is 5.60. The van der Waals surface area contributed by atoms with E-state index in [1.54, 1.807) is 7.11 Å². The molecule has 1 fully saturated rings. The number of methoxy groups -OCH3 is 1. The third-order valence-electron chi connectivity index (χ3n) is 3.88. The van der Waals surface area contributed by atoms with E-state index in [0.29, 0.717) is 18.6 Å². The van der Waals surface area contributed by atoms with Crippen LogP contribution in [0.2, 0.25) is 0 Å². The van der Waals surface area contributed by atoms with Crippen molar-refractivity contribution < 1.29 is 9.47 Å². The molecule has 0 bridgehead atoms. The molecule has 0 saturated heterocycles. The lowest BCUT2D eigenvalue weighted by Gasteiger charge is -2.16. The number of nitrogens with zero attached hydrogens (tertiary/aromatic N) is 2. The van der Waals surface area contributed by atoms with Crippen molar-refractivity contribution in [3.63, 3.8) is 0 Å². The molecular formula is C17H27N3O2. The molecule has 5 heteroatoms. The lowest BCUT2D eigenvalue weighted by atomic mass is 10.1. The van der Waals surface area contributed by atoms with Gasteiger partial charge in [-0.1, -0.05) is 6.07 Å². The zero-order valence-electron chi connectivity index (χ0n) is 13.8. The first-order valence-electron chi connectivity index (χ1n) is 7.98. The Kier molecular flexibility index (Phi) is 5.92. The van der Waals surface area contributed by atoms with Gasteiger partial charge in [-0.25, -0.2) is 0 Å². The van der Waals surface area contributed by atoms with Crippen molar-refractivity contribution in [3.8, 4) is 11.5 Å². The SMILES string of the molecule is CCOc1cc(CCCN=C(N)N(C)C2CC2)ccc1OC. The Morgan fingerprint density at radius 2 is 2.14 bits per heavy atom. The van der Waals surface area contributed by atoms with Crippen molar-refractivity contribution in [1.82, 2.24) is 4.90 Å². The highest BCUT2D eigenvalue weighted by atomic mass is 16.5. The number of nitrogens with two attached hydrogens (primary N) is 1. The second-order valence-electron chi connectivity index (χ2n) is 5.60. The highest BCUT2D eigenvalue weighted by Crippen LogP contribution is 2.28. The summed E-state index contributed by atoms with van der Waals surface area (Å²) in [6.07, 6.45) is 4.39. The molecule has 22 heavy (non-hydrogen) atoms. The molecule has 2 rings (SSSR count). The Balaban J connectivity index is 1.83. The number of hydrogen-bond acceptors (Lipinski definition) is 3. The van der Waals surface area contributed by atoms with Gasteiger partial charge in [-0.3, -0.25) is 4.99 Å². The largest absolute Gasteiger partial charge is 0.493 e. The minimum Gasteiger partial charge on any atom is -0.493 e. The van der Waals surface area contributed by atoms with Crippen LogP contribution >= 0.6 is 0 Å². The van der Waals surface area contributed by atoms with Crippen LogP contribution in [0.3, 0.4) is 0 Å². The van der Waals surface area contributed by atoms with Crippen molar-refractivity contribution in [2.75, 3.05) is 27.3 Å². The molecule has 0 aromatic heterocycles. The normalized spacial score (nSPS) is 14.8. The maximum Gasteiger partial charge on any atom is 0.191 e. The fraction of sp³-hybridized carbons (Fsp3) is 0.588. The summed E-state index contributed by atoms with van der Waals surface area (Å²) in [6.45, 7) is 3.35. The third kappa shape index (κ3) is 4.55. The van der Waals surface area contributed by atoms with Gasteiger partial charge < -0.3 is 20.1 Å². The summed E-state index contributed by atoms with van der Waals surface area (Å²) < 4.78 is 10.9. The van der Waals surface area contributed by atoms with Gasteiger partial charge in [0.2, 0.25) is 0 Å². The first kappa shape index (κ1) is 16.5. The average molecular weight is 305 g/mol. The Hall–Kier alpha value is -1.91. The number of benzene rings is 1. The number of rotatable bonds is 8. The Morgan fingerprint density at radius 1 is 1.36 bits per heavy atom. The standard InChI is InChI=1S/C17H27N3O2/c1-4-22-16-12-13(7-10-15(16)21-3)6-5-11-19-17(18)20(2)14-8-9-14/h7,10,12,14H,4-6,8-9,11H2,1-3H3,(H2,18,19). The number of guanidine groups is 1. The molecular weight excluding hydrogens is 278 g/mol. The third-order valence-corrected chi connectivity index (χ3v) is 3.88. The summed E-state index contributed by atoms with van der Waals surface area (Å²) in [5.41, 5.74) is 7.21. The van der Waals surface area contributed by atoms with Crippen molar-refractivity contribution in [1.29, 1.82) is 0 Å². The van der Waals surface area contributed by atoms with Gasteiger partial charge in [-0.2, -0.15) is 0 Å². The second kappa shape index (κ2) is 7.92. The van der Waals surface area contributed by atoms with E-state index >= 15 is 0 Å². The van der Waals surface area contributed by atoms with Crippen LogP contribution in [0.1, 0.15) is 31.7 Å². The highest BCUT2D eigenvalue weighted by molar-refractivity contribution is 5.78. The van der Waals surface area contributed by atoms with Crippen LogP contribution in [0.25, 0.3) is 0 Å². The molecule has 1 aromatic rings. The molecule has 0 radical (unpaired) electrons. The molecule has 2 N–H and O–H groups in total. The molecule has 0 heterocycles. The van der Waals surface area contributed by atoms with Gasteiger partial charge in [0.1, 0.15) is 0 Å². The van der Waals surface area contributed by atoms with Gasteiger partial charge in [0.25, 0.3) is 0 Å². The fourth-order valence-electron chi connectivity index (χ4n) is 2.38. The van der Waals surface area contributed by atoms with Gasteiger partial charge in [-0.15, -0.1) is 0 Å². The van der Waals surface area contributed by atoms with Crippen molar-refractivity contribution in [2.45, 2.75) is 38.6 Å². The van der Waals surface area contributed by atoms with Crippen LogP contribution in [0.5, 0.6) is 11.5 Å². The van der Waals surface area contributed by atoms with E-state index in [1.165, 1.54) is 18.4 Å². The van der Waals surface area contributed by atoms with Crippen molar-refractivity contribution in [2.24, 2.45) is 10.7 Å². The number of aryl methyl sites for hydroxylation is 1. The van der Waals surface area contributed by atoms with E-state index in [4.69, 9.17) is 15.2 Å². The predicted molar refractivity (Wildman–Crippen MR) is 89.8 cm³/mol. The van der Waals surface area contributed by atoms with Crippen LogP contribution < -0.4 is 15.2 Å². The van der Waals surface area contributed by atoms with Crippen LogP contribution in [0, 0.1) is 0 Å². The van der Waals surface area contributed by atoms with E-state index in [2.05, 4.69) is 16.0 Å². The Morgan fingerprint density at radius 3 is 2.77 bits per heavy atom. The van der Waals surface area contributed by atoms with Gasteiger partial charge in [-0.05, 0) is 50.3 Å². The molecule has 1 aromatic carbocycles. The zero-order chi connectivity index (χ0) is 15.9. The van der Waals surface area contributed by atoms with Crippen LogP contribution in [-0.4, -0.2) is 44.2 Å². The van der Waals surface area contributed by atoms with Crippen molar-refractivity contribution in [3.05, 3.63) is 23.8 Å². The quantitative estimate of drug-likeness (QED) is 0.455. The average Bonchev–Trinajstić information content (AvgIpc) is 3.36. The highest BCUT2D eigenvalue weighted by Gasteiger charge is 2.27. The van der Waals surface area contributed by atoms with Crippen LogP contribution in [0.4, 0.5) is 0 Å². The molecule has 122 valence electrons.